The third kappa shape index (κ3) is 4.93. The average molecular weight is 507 g/mol. The normalized spacial score (nSPS) is 31.8. The van der Waals surface area contributed by atoms with Crippen molar-refractivity contribution in [3.05, 3.63) is 25.3 Å². The molecule has 0 aliphatic carbocycles. The molecule has 3 heterocycles. The zero-order chi connectivity index (χ0) is 25.8. The van der Waals surface area contributed by atoms with Gasteiger partial charge in [0.25, 0.3) is 0 Å². The molecule has 7 atom stereocenters. The number of likely N-dealkylation sites (tertiary alicyclic amines) is 1. The van der Waals surface area contributed by atoms with Crippen molar-refractivity contribution in [1.82, 2.24) is 9.80 Å². The van der Waals surface area contributed by atoms with Crippen LogP contribution in [0.2, 0.25) is 0 Å². The number of amides is 2. The lowest BCUT2D eigenvalue weighted by Crippen LogP contribution is -2.59. The molecular formula is C27H42N2O5S. The molecule has 196 valence electrons. The number of esters is 1. The summed E-state index contributed by atoms with van der Waals surface area (Å²) in [5.41, 5.74) is 0. The monoisotopic (exact) mass is 506 g/mol. The van der Waals surface area contributed by atoms with E-state index in [1.54, 1.807) is 34.6 Å². The molecule has 3 unspecified atom stereocenters. The fourth-order valence-corrected chi connectivity index (χ4v) is 8.59. The van der Waals surface area contributed by atoms with Crippen molar-refractivity contribution in [3.63, 3.8) is 0 Å². The van der Waals surface area contributed by atoms with E-state index in [0.29, 0.717) is 19.7 Å². The number of hydrogen-bond acceptors (Lipinski definition) is 6. The molecule has 0 saturated carbocycles. The highest BCUT2D eigenvalue weighted by Crippen LogP contribution is 2.69. The summed E-state index contributed by atoms with van der Waals surface area (Å²) >= 11 is 1.64. The van der Waals surface area contributed by atoms with Crippen LogP contribution in [0.4, 0.5) is 0 Å². The summed E-state index contributed by atoms with van der Waals surface area (Å²) < 4.78 is 4.96. The molecule has 1 spiro atoms. The highest BCUT2D eigenvalue weighted by molar-refractivity contribution is 8.02. The Kier molecular flexibility index (Phi) is 9.49. The van der Waals surface area contributed by atoms with E-state index in [9.17, 15) is 19.5 Å². The molecule has 8 heteroatoms. The maximum atomic E-state index is 14.1. The molecule has 1 N–H and O–H groups in total. The van der Waals surface area contributed by atoms with E-state index in [1.165, 1.54) is 0 Å². The van der Waals surface area contributed by atoms with E-state index in [-0.39, 0.29) is 35.6 Å². The zero-order valence-electron chi connectivity index (χ0n) is 21.5. The number of ether oxygens (including phenoxy) is 1. The van der Waals surface area contributed by atoms with E-state index in [0.717, 1.165) is 38.5 Å². The van der Waals surface area contributed by atoms with Crippen molar-refractivity contribution < 1.29 is 24.2 Å². The number of unbranched alkanes of at least 4 members (excludes halogenated alkanes) is 3. The van der Waals surface area contributed by atoms with Crippen LogP contribution in [0.5, 0.6) is 0 Å². The van der Waals surface area contributed by atoms with Gasteiger partial charge >= 0.3 is 5.97 Å². The third-order valence-corrected chi connectivity index (χ3v) is 9.99. The first-order chi connectivity index (χ1) is 16.8. The number of thioether (sulfide) groups is 1. The van der Waals surface area contributed by atoms with Gasteiger partial charge in [-0.25, -0.2) is 0 Å². The van der Waals surface area contributed by atoms with Crippen LogP contribution < -0.4 is 0 Å². The van der Waals surface area contributed by atoms with Gasteiger partial charge in [0, 0.05) is 18.3 Å². The Morgan fingerprint density at radius 2 is 2.06 bits per heavy atom. The molecule has 7 nitrogen and oxygen atoms in total. The van der Waals surface area contributed by atoms with Crippen molar-refractivity contribution in [3.8, 4) is 0 Å². The first kappa shape index (κ1) is 27.8. The molecule has 35 heavy (non-hydrogen) atoms. The predicted octanol–water partition coefficient (Wildman–Crippen LogP) is 3.42. The minimum absolute atomic E-state index is 0.0370. The zero-order valence-corrected chi connectivity index (χ0v) is 22.3. The highest BCUT2D eigenvalue weighted by Gasteiger charge is 2.76. The van der Waals surface area contributed by atoms with Crippen molar-refractivity contribution in [1.29, 1.82) is 0 Å². The Labute approximate surface area is 214 Å². The van der Waals surface area contributed by atoms with Crippen molar-refractivity contribution in [2.24, 2.45) is 17.8 Å². The number of carbonyl (C=O) groups is 3. The lowest BCUT2D eigenvalue weighted by atomic mass is 9.66. The van der Waals surface area contributed by atoms with Gasteiger partial charge in [-0.15, -0.1) is 24.9 Å². The minimum Gasteiger partial charge on any atom is -0.465 e. The van der Waals surface area contributed by atoms with Gasteiger partial charge in [-0.2, -0.15) is 0 Å². The Morgan fingerprint density at radius 1 is 1.31 bits per heavy atom. The van der Waals surface area contributed by atoms with Gasteiger partial charge < -0.3 is 19.6 Å². The number of nitrogens with zero attached hydrogens (tertiary/aromatic N) is 2. The summed E-state index contributed by atoms with van der Waals surface area (Å²) in [6.45, 7) is 14.6. The van der Waals surface area contributed by atoms with Crippen LogP contribution in [0, 0.1) is 17.8 Å². The lowest BCUT2D eigenvalue weighted by Gasteiger charge is -2.41. The van der Waals surface area contributed by atoms with Crippen LogP contribution in [0.15, 0.2) is 25.3 Å². The number of fused-ring (bicyclic) bond motifs is 1. The van der Waals surface area contributed by atoms with E-state index >= 15 is 0 Å². The quantitative estimate of drug-likeness (QED) is 0.221. The summed E-state index contributed by atoms with van der Waals surface area (Å²) in [5.74, 6) is -1.71. The number of allylic oxidation sites excluding steroid dienone is 1. The highest BCUT2D eigenvalue weighted by atomic mass is 32.2. The number of rotatable bonds is 14. The Hall–Kier alpha value is -1.80. The molecule has 3 saturated heterocycles. The molecule has 3 rings (SSSR count). The van der Waals surface area contributed by atoms with Gasteiger partial charge in [-0.3, -0.25) is 14.4 Å². The second-order valence-corrected chi connectivity index (χ2v) is 11.8. The second-order valence-electron chi connectivity index (χ2n) is 10.2. The molecule has 0 radical (unpaired) electrons. The Morgan fingerprint density at radius 3 is 2.69 bits per heavy atom. The van der Waals surface area contributed by atoms with E-state index in [2.05, 4.69) is 27.0 Å². The first-order valence-electron chi connectivity index (χ1n) is 13.1. The Balaban J connectivity index is 1.94. The maximum Gasteiger partial charge on any atom is 0.310 e. The molecule has 2 bridgehead atoms. The standard InChI is InChI=1S/C27H42N2O5S/c1-6-9-11-12-15-34-26(33)21-20-16-18(4)27(35-20)22(21)24(31)29(19(5)17-30)23(27)25(32)28(13-8-3)14-10-7-2/h6,8,18-23,30H,1,3,7,9-17H2,2,4-5H3/t18?,19-,20-,21+,22+,23?,27?/m1/s1. The number of aliphatic hydroxyl groups excluding tert-OH is 1. The third-order valence-electron chi connectivity index (χ3n) is 7.92. The van der Waals surface area contributed by atoms with Gasteiger partial charge in [0.05, 0.1) is 35.8 Å². The summed E-state index contributed by atoms with van der Waals surface area (Å²) in [6.07, 6.45) is 8.67. The molecule has 0 aromatic rings. The van der Waals surface area contributed by atoms with Crippen molar-refractivity contribution in [2.45, 2.75) is 81.4 Å². The molecule has 3 aliphatic rings. The number of hydrogen-bond donors (Lipinski definition) is 1. The van der Waals surface area contributed by atoms with Crippen molar-refractivity contribution >= 4 is 29.5 Å². The van der Waals surface area contributed by atoms with Gasteiger partial charge in [0.15, 0.2) is 0 Å². The van der Waals surface area contributed by atoms with Gasteiger partial charge in [0.1, 0.15) is 6.04 Å². The van der Waals surface area contributed by atoms with E-state index in [1.807, 2.05) is 6.08 Å². The fraction of sp³-hybridized carbons (Fsp3) is 0.741. The summed E-state index contributed by atoms with van der Waals surface area (Å²) in [7, 11) is 0. The summed E-state index contributed by atoms with van der Waals surface area (Å²) in [6, 6.07) is -1.23. The Bertz CT molecular complexity index is 819. The first-order valence-corrected chi connectivity index (χ1v) is 14.0. The fourth-order valence-electron chi connectivity index (χ4n) is 6.20. The lowest BCUT2D eigenvalue weighted by molar-refractivity contribution is -0.155. The van der Waals surface area contributed by atoms with Crippen molar-refractivity contribution in [2.75, 3.05) is 26.3 Å². The van der Waals surface area contributed by atoms with E-state index in [4.69, 9.17) is 4.74 Å². The topological polar surface area (TPSA) is 87.1 Å². The SMILES string of the molecule is C=CCCCCOC(=O)[C@@H]1[C@H]2C(=O)N([C@H](C)CO)C(C(=O)N(CC=C)CCCC)C23S[C@@H]1CC3C. The second kappa shape index (κ2) is 12.0. The molecular weight excluding hydrogens is 464 g/mol. The molecule has 2 amide bonds. The molecule has 0 aromatic carbocycles. The largest absolute Gasteiger partial charge is 0.465 e. The smallest absolute Gasteiger partial charge is 0.310 e. The van der Waals surface area contributed by atoms with Gasteiger partial charge in [-0.05, 0) is 44.9 Å². The van der Waals surface area contributed by atoms with Crippen LogP contribution in [0.3, 0.4) is 0 Å². The van der Waals surface area contributed by atoms with Crippen LogP contribution in [-0.4, -0.2) is 81.1 Å². The maximum absolute atomic E-state index is 14.1. The average Bonchev–Trinajstić information content (AvgIpc) is 3.44. The van der Waals surface area contributed by atoms with Gasteiger partial charge in [0.2, 0.25) is 11.8 Å². The predicted molar refractivity (Wildman–Crippen MR) is 139 cm³/mol. The van der Waals surface area contributed by atoms with Gasteiger partial charge in [-0.1, -0.05) is 32.4 Å². The van der Waals surface area contributed by atoms with Crippen LogP contribution in [0.25, 0.3) is 0 Å². The molecule has 3 fully saturated rings. The molecule has 0 aromatic heterocycles. The minimum atomic E-state index is -0.714. The molecule has 3 aliphatic heterocycles. The van der Waals surface area contributed by atoms with Crippen LogP contribution in [0.1, 0.15) is 59.3 Å². The summed E-state index contributed by atoms with van der Waals surface area (Å²) in [5, 5.41) is 9.98. The number of aliphatic hydroxyl groups is 1. The number of carbonyl (C=O) groups excluding carboxylic acids is 3. The van der Waals surface area contributed by atoms with Crippen LogP contribution in [-0.2, 0) is 19.1 Å². The van der Waals surface area contributed by atoms with Crippen LogP contribution >= 0.6 is 11.8 Å². The summed E-state index contributed by atoms with van der Waals surface area (Å²) in [4.78, 5) is 44.7. The van der Waals surface area contributed by atoms with E-state index < -0.39 is 28.7 Å².